The number of carbonyl (C=O) groups excluding carboxylic acids is 1. The monoisotopic (exact) mass is 254 g/mol. The highest BCUT2D eigenvalue weighted by atomic mass is 16.4. The SMILES string of the molecule is CC(NC(=O)NCc1nn[nH]n1)(C(=O)O)C1CC1. The second kappa shape index (κ2) is 4.59. The second-order valence-electron chi connectivity index (χ2n) is 4.42. The van der Waals surface area contributed by atoms with Gasteiger partial charge in [-0.15, -0.1) is 10.2 Å². The van der Waals surface area contributed by atoms with Crippen LogP contribution in [-0.4, -0.2) is 43.3 Å². The molecule has 0 spiro atoms. The number of hydrogen-bond acceptors (Lipinski definition) is 5. The lowest BCUT2D eigenvalue weighted by molar-refractivity contribution is -0.144. The minimum absolute atomic E-state index is 0.00840. The molecule has 0 bridgehead atoms. The fourth-order valence-corrected chi connectivity index (χ4v) is 1.69. The van der Waals surface area contributed by atoms with Crippen molar-refractivity contribution in [3.8, 4) is 0 Å². The van der Waals surface area contributed by atoms with Gasteiger partial charge in [-0.3, -0.25) is 0 Å². The third kappa shape index (κ3) is 2.55. The van der Waals surface area contributed by atoms with Crippen molar-refractivity contribution in [2.45, 2.75) is 31.8 Å². The minimum atomic E-state index is -1.22. The molecule has 98 valence electrons. The van der Waals surface area contributed by atoms with Gasteiger partial charge < -0.3 is 15.7 Å². The molecular formula is C9H14N6O3. The molecule has 1 aromatic heterocycles. The Morgan fingerprint density at radius 3 is 2.78 bits per heavy atom. The number of amides is 2. The Morgan fingerprint density at radius 2 is 2.28 bits per heavy atom. The molecule has 1 atom stereocenters. The second-order valence-corrected chi connectivity index (χ2v) is 4.42. The van der Waals surface area contributed by atoms with Crippen molar-refractivity contribution in [1.82, 2.24) is 31.3 Å². The van der Waals surface area contributed by atoms with Crippen molar-refractivity contribution in [3.63, 3.8) is 0 Å². The maximum Gasteiger partial charge on any atom is 0.329 e. The molecule has 2 rings (SSSR count). The van der Waals surface area contributed by atoms with Crippen molar-refractivity contribution in [2.75, 3.05) is 0 Å². The average molecular weight is 254 g/mol. The minimum Gasteiger partial charge on any atom is -0.480 e. The number of urea groups is 1. The van der Waals surface area contributed by atoms with Gasteiger partial charge in [0.25, 0.3) is 0 Å². The van der Waals surface area contributed by atoms with Gasteiger partial charge in [0, 0.05) is 0 Å². The van der Waals surface area contributed by atoms with Gasteiger partial charge in [0.2, 0.25) is 0 Å². The number of carboxylic acids is 1. The first kappa shape index (κ1) is 12.3. The van der Waals surface area contributed by atoms with E-state index >= 15 is 0 Å². The van der Waals surface area contributed by atoms with Crippen LogP contribution in [0.1, 0.15) is 25.6 Å². The zero-order valence-electron chi connectivity index (χ0n) is 9.80. The van der Waals surface area contributed by atoms with Crippen LogP contribution in [0, 0.1) is 5.92 Å². The summed E-state index contributed by atoms with van der Waals surface area (Å²) in [6, 6.07) is -0.559. The van der Waals surface area contributed by atoms with Crippen LogP contribution < -0.4 is 10.6 Å². The highest BCUT2D eigenvalue weighted by molar-refractivity contribution is 5.86. The van der Waals surface area contributed by atoms with Gasteiger partial charge in [0.1, 0.15) is 5.54 Å². The zero-order valence-corrected chi connectivity index (χ0v) is 9.80. The summed E-state index contributed by atoms with van der Waals surface area (Å²) in [5.41, 5.74) is -1.22. The van der Waals surface area contributed by atoms with Crippen molar-refractivity contribution >= 4 is 12.0 Å². The molecule has 0 saturated heterocycles. The summed E-state index contributed by atoms with van der Waals surface area (Å²) in [7, 11) is 0. The van der Waals surface area contributed by atoms with Crippen LogP contribution in [0.25, 0.3) is 0 Å². The number of nitrogens with one attached hydrogen (secondary N) is 3. The number of aliphatic carboxylic acids is 1. The Kier molecular flexibility index (Phi) is 3.13. The van der Waals surface area contributed by atoms with E-state index in [4.69, 9.17) is 5.11 Å². The Labute approximate surface area is 102 Å². The van der Waals surface area contributed by atoms with Crippen LogP contribution in [0.15, 0.2) is 0 Å². The Hall–Kier alpha value is -2.19. The van der Waals surface area contributed by atoms with Crippen molar-refractivity contribution in [2.24, 2.45) is 5.92 Å². The number of aromatic amines is 1. The first-order valence-corrected chi connectivity index (χ1v) is 5.54. The molecule has 1 aliphatic carbocycles. The first-order chi connectivity index (χ1) is 8.52. The zero-order chi connectivity index (χ0) is 13.2. The summed E-state index contributed by atoms with van der Waals surface area (Å²) in [4.78, 5) is 22.8. The third-order valence-electron chi connectivity index (χ3n) is 3.01. The predicted molar refractivity (Wildman–Crippen MR) is 58.3 cm³/mol. The lowest BCUT2D eigenvalue weighted by Gasteiger charge is -2.25. The van der Waals surface area contributed by atoms with E-state index in [1.807, 2.05) is 0 Å². The summed E-state index contributed by atoms with van der Waals surface area (Å²) in [6.45, 7) is 1.60. The summed E-state index contributed by atoms with van der Waals surface area (Å²) >= 11 is 0. The van der Waals surface area contributed by atoms with Crippen molar-refractivity contribution < 1.29 is 14.7 Å². The van der Waals surface area contributed by atoms with Crippen LogP contribution in [0.5, 0.6) is 0 Å². The van der Waals surface area contributed by atoms with Gasteiger partial charge in [-0.2, -0.15) is 5.21 Å². The standard InChI is InChI=1S/C9H14N6O3/c1-9(7(16)17,5-2-3-5)11-8(18)10-4-6-12-14-15-13-6/h5H,2-4H2,1H3,(H,16,17)(H2,10,11,18)(H,12,13,14,15). The molecule has 1 aromatic rings. The van der Waals surface area contributed by atoms with E-state index in [2.05, 4.69) is 31.3 Å². The highest BCUT2D eigenvalue weighted by Gasteiger charge is 2.48. The first-order valence-electron chi connectivity index (χ1n) is 5.54. The molecule has 1 saturated carbocycles. The number of carboxylic acid groups (broad SMARTS) is 1. The topological polar surface area (TPSA) is 133 Å². The van der Waals surface area contributed by atoms with Gasteiger partial charge in [0.15, 0.2) is 5.82 Å². The molecule has 0 aromatic carbocycles. The quantitative estimate of drug-likeness (QED) is 0.546. The van der Waals surface area contributed by atoms with Crippen LogP contribution >= 0.6 is 0 Å². The number of H-pyrrole nitrogens is 1. The fraction of sp³-hybridized carbons (Fsp3) is 0.667. The number of rotatable bonds is 5. The van der Waals surface area contributed by atoms with Crippen LogP contribution in [0.2, 0.25) is 0 Å². The summed E-state index contributed by atoms with van der Waals surface area (Å²) < 4.78 is 0. The molecule has 9 nitrogen and oxygen atoms in total. The Morgan fingerprint density at radius 1 is 1.56 bits per heavy atom. The van der Waals surface area contributed by atoms with E-state index in [-0.39, 0.29) is 12.5 Å². The lowest BCUT2D eigenvalue weighted by Crippen LogP contribution is -2.56. The maximum absolute atomic E-state index is 11.6. The number of tetrazole rings is 1. The maximum atomic E-state index is 11.6. The fourth-order valence-electron chi connectivity index (χ4n) is 1.69. The van der Waals surface area contributed by atoms with Crippen LogP contribution in [0.3, 0.4) is 0 Å². The van der Waals surface area contributed by atoms with E-state index in [1.54, 1.807) is 0 Å². The van der Waals surface area contributed by atoms with Gasteiger partial charge >= 0.3 is 12.0 Å². The number of hydrogen-bond donors (Lipinski definition) is 4. The normalized spacial score (nSPS) is 17.8. The smallest absolute Gasteiger partial charge is 0.329 e. The van der Waals surface area contributed by atoms with Gasteiger partial charge in [0.05, 0.1) is 6.54 Å². The van der Waals surface area contributed by atoms with E-state index in [0.29, 0.717) is 5.82 Å². The highest BCUT2D eigenvalue weighted by Crippen LogP contribution is 2.39. The molecular weight excluding hydrogens is 240 g/mol. The average Bonchev–Trinajstić information content (AvgIpc) is 3.04. The van der Waals surface area contributed by atoms with E-state index < -0.39 is 17.5 Å². The molecule has 1 aliphatic rings. The molecule has 9 heteroatoms. The van der Waals surface area contributed by atoms with Crippen LogP contribution in [-0.2, 0) is 11.3 Å². The lowest BCUT2D eigenvalue weighted by atomic mass is 9.96. The molecule has 0 radical (unpaired) electrons. The van der Waals surface area contributed by atoms with Crippen molar-refractivity contribution in [3.05, 3.63) is 5.82 Å². The summed E-state index contributed by atoms with van der Waals surface area (Å²) in [5, 5.41) is 27.0. The molecule has 1 heterocycles. The Bertz CT molecular complexity index is 443. The molecule has 0 aliphatic heterocycles. The molecule has 4 N–H and O–H groups in total. The van der Waals surface area contributed by atoms with Crippen LogP contribution in [0.4, 0.5) is 4.79 Å². The number of nitrogens with zero attached hydrogens (tertiary/aromatic N) is 3. The molecule has 1 fully saturated rings. The molecule has 1 unspecified atom stereocenters. The number of carbonyl (C=O) groups is 2. The summed E-state index contributed by atoms with van der Waals surface area (Å²) in [5.74, 6) is -0.709. The largest absolute Gasteiger partial charge is 0.480 e. The van der Waals surface area contributed by atoms with Gasteiger partial charge in [-0.05, 0) is 25.7 Å². The van der Waals surface area contributed by atoms with E-state index in [1.165, 1.54) is 6.92 Å². The number of aromatic nitrogens is 4. The predicted octanol–water partition coefficient (Wildman–Crippen LogP) is -0.748. The van der Waals surface area contributed by atoms with E-state index in [0.717, 1.165) is 12.8 Å². The Balaban J connectivity index is 1.87. The molecule has 18 heavy (non-hydrogen) atoms. The van der Waals surface area contributed by atoms with Crippen molar-refractivity contribution in [1.29, 1.82) is 0 Å². The van der Waals surface area contributed by atoms with E-state index in [9.17, 15) is 9.59 Å². The van der Waals surface area contributed by atoms with Gasteiger partial charge in [-0.25, -0.2) is 9.59 Å². The third-order valence-corrected chi connectivity index (χ3v) is 3.01. The van der Waals surface area contributed by atoms with Gasteiger partial charge in [-0.1, -0.05) is 5.21 Å². The molecule has 2 amide bonds. The summed E-state index contributed by atoms with van der Waals surface area (Å²) in [6.07, 6.45) is 1.63.